The Balaban J connectivity index is 2.30. The number of aromatic hydroxyl groups is 2. The fraction of sp³-hybridized carbons (Fsp3) is 0.133. The van der Waals surface area contributed by atoms with Crippen LogP contribution in [0.25, 0.3) is 22.4 Å². The van der Waals surface area contributed by atoms with Gasteiger partial charge in [-0.15, -0.1) is 0 Å². The van der Waals surface area contributed by atoms with Crippen LogP contribution in [0.5, 0.6) is 11.5 Å². The number of hydrogen-bond donors (Lipinski definition) is 2. The molecule has 2 aromatic carbocycles. The Labute approximate surface area is 110 Å². The van der Waals surface area contributed by atoms with E-state index in [1.54, 1.807) is 12.1 Å². The zero-order valence-corrected chi connectivity index (χ0v) is 10.5. The van der Waals surface area contributed by atoms with Gasteiger partial charge >= 0.3 is 0 Å². The predicted octanol–water partition coefficient (Wildman–Crippen LogP) is 3.13. The molecule has 1 heterocycles. The molecule has 3 aromatic rings. The quantitative estimate of drug-likeness (QED) is 0.738. The van der Waals surface area contributed by atoms with E-state index in [9.17, 15) is 10.2 Å². The van der Waals surface area contributed by atoms with Crippen LogP contribution in [0.3, 0.4) is 0 Å². The number of benzene rings is 2. The number of aryl methyl sites for hydroxylation is 1. The summed E-state index contributed by atoms with van der Waals surface area (Å²) < 4.78 is 2.04. The van der Waals surface area contributed by atoms with Gasteiger partial charge in [0.1, 0.15) is 17.3 Å². The minimum atomic E-state index is 0.0324. The molecule has 0 aliphatic heterocycles. The van der Waals surface area contributed by atoms with E-state index in [1.165, 1.54) is 6.07 Å². The van der Waals surface area contributed by atoms with Crippen LogP contribution in [0.4, 0.5) is 0 Å². The Bertz CT molecular complexity index is 747. The monoisotopic (exact) mass is 254 g/mol. The maximum atomic E-state index is 9.98. The Morgan fingerprint density at radius 3 is 2.63 bits per heavy atom. The van der Waals surface area contributed by atoms with Gasteiger partial charge < -0.3 is 14.8 Å². The van der Waals surface area contributed by atoms with Crippen molar-refractivity contribution >= 4 is 11.0 Å². The molecule has 0 aliphatic carbocycles. The molecule has 1 aromatic heterocycles. The van der Waals surface area contributed by atoms with Gasteiger partial charge in [0.2, 0.25) is 0 Å². The molecule has 3 rings (SSSR count). The summed E-state index contributed by atoms with van der Waals surface area (Å²) in [7, 11) is 0. The molecule has 96 valence electrons. The van der Waals surface area contributed by atoms with Crippen molar-refractivity contribution in [3.8, 4) is 22.9 Å². The van der Waals surface area contributed by atoms with Crippen LogP contribution in [-0.4, -0.2) is 19.8 Å². The smallest absolute Gasteiger partial charge is 0.144 e. The average Bonchev–Trinajstić information content (AvgIpc) is 2.76. The van der Waals surface area contributed by atoms with Crippen LogP contribution in [0, 0.1) is 0 Å². The first-order valence-electron chi connectivity index (χ1n) is 6.18. The highest BCUT2D eigenvalue weighted by molar-refractivity contribution is 5.82. The number of nitrogens with zero attached hydrogens (tertiary/aromatic N) is 2. The highest BCUT2D eigenvalue weighted by atomic mass is 16.3. The Morgan fingerprint density at radius 1 is 1.11 bits per heavy atom. The minimum Gasteiger partial charge on any atom is -0.508 e. The standard InChI is InChI=1S/C15H14N2O2/c1-2-17-13-6-4-3-5-12(13)16-15(17)11-8-7-10(18)9-14(11)19/h3-9,18-19H,2H2,1H3. The highest BCUT2D eigenvalue weighted by Gasteiger charge is 2.14. The van der Waals surface area contributed by atoms with Gasteiger partial charge in [0.15, 0.2) is 0 Å². The zero-order chi connectivity index (χ0) is 13.4. The second-order valence-corrected chi connectivity index (χ2v) is 4.37. The van der Waals surface area contributed by atoms with Gasteiger partial charge in [-0.25, -0.2) is 4.98 Å². The third-order valence-corrected chi connectivity index (χ3v) is 3.19. The SMILES string of the molecule is CCn1c(-c2ccc(O)cc2O)nc2ccccc21. The third-order valence-electron chi connectivity index (χ3n) is 3.19. The summed E-state index contributed by atoms with van der Waals surface area (Å²) in [6, 6.07) is 12.4. The van der Waals surface area contributed by atoms with Gasteiger partial charge in [-0.2, -0.15) is 0 Å². The highest BCUT2D eigenvalue weighted by Crippen LogP contribution is 2.33. The van der Waals surface area contributed by atoms with Crippen molar-refractivity contribution in [2.24, 2.45) is 0 Å². The molecule has 0 unspecified atom stereocenters. The summed E-state index contributed by atoms with van der Waals surface area (Å²) in [5.74, 6) is 0.784. The molecule has 4 heteroatoms. The van der Waals surface area contributed by atoms with E-state index in [-0.39, 0.29) is 11.5 Å². The van der Waals surface area contributed by atoms with Crippen molar-refractivity contribution in [1.29, 1.82) is 0 Å². The molecule has 0 amide bonds. The lowest BCUT2D eigenvalue weighted by Crippen LogP contribution is -1.97. The summed E-state index contributed by atoms with van der Waals surface area (Å²) in [6.45, 7) is 2.80. The van der Waals surface area contributed by atoms with Gasteiger partial charge in [-0.3, -0.25) is 0 Å². The number of fused-ring (bicyclic) bond motifs is 1. The number of rotatable bonds is 2. The molecule has 0 radical (unpaired) electrons. The largest absolute Gasteiger partial charge is 0.508 e. The second-order valence-electron chi connectivity index (χ2n) is 4.37. The van der Waals surface area contributed by atoms with Crippen molar-refractivity contribution in [2.45, 2.75) is 13.5 Å². The van der Waals surface area contributed by atoms with Gasteiger partial charge in [0, 0.05) is 12.6 Å². The van der Waals surface area contributed by atoms with E-state index in [1.807, 2.05) is 35.8 Å². The first-order valence-corrected chi connectivity index (χ1v) is 6.18. The molecule has 0 fully saturated rings. The van der Waals surface area contributed by atoms with E-state index >= 15 is 0 Å². The lowest BCUT2D eigenvalue weighted by Gasteiger charge is -2.08. The predicted molar refractivity (Wildman–Crippen MR) is 74.2 cm³/mol. The number of phenols is 2. The molecular formula is C15H14N2O2. The van der Waals surface area contributed by atoms with Gasteiger partial charge in [-0.05, 0) is 31.2 Å². The van der Waals surface area contributed by atoms with Crippen molar-refractivity contribution in [3.63, 3.8) is 0 Å². The molecule has 4 nitrogen and oxygen atoms in total. The topological polar surface area (TPSA) is 58.3 Å². The number of hydrogen-bond acceptors (Lipinski definition) is 3. The summed E-state index contributed by atoms with van der Waals surface area (Å²) in [5, 5.41) is 19.3. The van der Waals surface area contributed by atoms with Crippen molar-refractivity contribution in [2.75, 3.05) is 0 Å². The van der Waals surface area contributed by atoms with E-state index in [2.05, 4.69) is 4.98 Å². The van der Waals surface area contributed by atoms with Gasteiger partial charge in [0.25, 0.3) is 0 Å². The molecule has 0 aliphatic rings. The average molecular weight is 254 g/mol. The number of para-hydroxylation sites is 2. The molecule has 0 bridgehead atoms. The summed E-state index contributed by atoms with van der Waals surface area (Å²) >= 11 is 0. The van der Waals surface area contributed by atoms with Crippen molar-refractivity contribution in [1.82, 2.24) is 9.55 Å². The van der Waals surface area contributed by atoms with Crippen LogP contribution in [0.1, 0.15) is 6.92 Å². The van der Waals surface area contributed by atoms with E-state index in [0.29, 0.717) is 11.4 Å². The van der Waals surface area contributed by atoms with Crippen LogP contribution in [0.2, 0.25) is 0 Å². The summed E-state index contributed by atoms with van der Waals surface area (Å²) in [5.41, 5.74) is 2.55. The lowest BCUT2D eigenvalue weighted by atomic mass is 10.2. The molecule has 0 saturated carbocycles. The van der Waals surface area contributed by atoms with E-state index in [4.69, 9.17) is 0 Å². The first kappa shape index (κ1) is 11.6. The molecular weight excluding hydrogens is 240 g/mol. The van der Waals surface area contributed by atoms with Gasteiger partial charge in [-0.1, -0.05) is 12.1 Å². The maximum Gasteiger partial charge on any atom is 0.144 e. The van der Waals surface area contributed by atoms with Crippen LogP contribution in [0.15, 0.2) is 42.5 Å². The Hall–Kier alpha value is -2.49. The molecule has 2 N–H and O–H groups in total. The van der Waals surface area contributed by atoms with Crippen molar-refractivity contribution in [3.05, 3.63) is 42.5 Å². The maximum absolute atomic E-state index is 9.98. The number of aromatic nitrogens is 2. The van der Waals surface area contributed by atoms with Crippen LogP contribution < -0.4 is 0 Å². The van der Waals surface area contributed by atoms with E-state index < -0.39 is 0 Å². The van der Waals surface area contributed by atoms with E-state index in [0.717, 1.165) is 17.6 Å². The Morgan fingerprint density at radius 2 is 1.89 bits per heavy atom. The lowest BCUT2D eigenvalue weighted by molar-refractivity contribution is 0.451. The van der Waals surface area contributed by atoms with Crippen LogP contribution >= 0.6 is 0 Å². The number of imidazole rings is 1. The minimum absolute atomic E-state index is 0.0324. The normalized spacial score (nSPS) is 11.0. The Kier molecular flexibility index (Phi) is 2.63. The summed E-state index contributed by atoms with van der Waals surface area (Å²) in [4.78, 5) is 4.57. The zero-order valence-electron chi connectivity index (χ0n) is 10.5. The molecule has 0 spiro atoms. The fourth-order valence-corrected chi connectivity index (χ4v) is 2.31. The van der Waals surface area contributed by atoms with Crippen molar-refractivity contribution < 1.29 is 10.2 Å². The fourth-order valence-electron chi connectivity index (χ4n) is 2.31. The van der Waals surface area contributed by atoms with Gasteiger partial charge in [0.05, 0.1) is 16.6 Å². The second kappa shape index (κ2) is 4.31. The number of phenolic OH excluding ortho intramolecular Hbond substituents is 2. The molecule has 19 heavy (non-hydrogen) atoms. The molecule has 0 saturated heterocycles. The third kappa shape index (κ3) is 1.81. The molecule has 0 atom stereocenters. The summed E-state index contributed by atoms with van der Waals surface area (Å²) in [6.07, 6.45) is 0. The van der Waals surface area contributed by atoms with Crippen LogP contribution in [-0.2, 0) is 6.54 Å². The first-order chi connectivity index (χ1) is 9.20.